The van der Waals surface area contributed by atoms with E-state index in [0.717, 1.165) is 22.2 Å². The number of nitrogens with zero attached hydrogens (tertiary/aromatic N) is 2. The summed E-state index contributed by atoms with van der Waals surface area (Å²) in [6, 6.07) is 2.81. The van der Waals surface area contributed by atoms with Gasteiger partial charge >= 0.3 is 18.0 Å². The highest BCUT2D eigenvalue weighted by Gasteiger charge is 2.41. The first-order valence-electron chi connectivity index (χ1n) is 19.6. The van der Waals surface area contributed by atoms with Crippen LogP contribution in [0, 0.1) is 0 Å². The molecule has 0 bridgehead atoms. The zero-order chi connectivity index (χ0) is 44.5. The van der Waals surface area contributed by atoms with Crippen molar-refractivity contribution in [2.24, 2.45) is 0 Å². The molecule has 3 heterocycles. The van der Waals surface area contributed by atoms with Crippen molar-refractivity contribution in [3.05, 3.63) is 71.1 Å². The van der Waals surface area contributed by atoms with Crippen molar-refractivity contribution in [2.75, 3.05) is 25.6 Å². The number of aliphatic hydroxyl groups excluding tert-OH is 1. The van der Waals surface area contributed by atoms with Crippen molar-refractivity contribution in [3.8, 4) is 11.5 Å². The number of nitrogens with one attached hydrogen (secondary N) is 6. The quantitative estimate of drug-likeness (QED) is 0.107. The van der Waals surface area contributed by atoms with Crippen LogP contribution in [0.3, 0.4) is 0 Å². The lowest BCUT2D eigenvalue weighted by atomic mass is 9.90. The monoisotopic (exact) mass is 868 g/mol. The molecule has 3 aliphatic heterocycles. The lowest BCUT2D eigenvalue weighted by Gasteiger charge is -2.37. The molecule has 0 aromatic heterocycles. The number of imide groups is 1. The molecule has 21 heteroatoms. The van der Waals surface area contributed by atoms with Gasteiger partial charge in [-0.05, 0) is 79.7 Å². The maximum Gasteiger partial charge on any atom is 0.327 e. The Morgan fingerprint density at radius 1 is 1.02 bits per heavy atom. The number of aliphatic carboxylic acids is 1. The van der Waals surface area contributed by atoms with Crippen LogP contribution in [0.5, 0.6) is 11.5 Å². The Morgan fingerprint density at radius 3 is 2.43 bits per heavy atom. The van der Waals surface area contributed by atoms with Gasteiger partial charge in [0.05, 0.1) is 12.1 Å². The molecule has 330 valence electrons. The van der Waals surface area contributed by atoms with Gasteiger partial charge in [0.25, 0.3) is 0 Å². The number of carboxylic acid groups (broad SMARTS) is 1. The summed E-state index contributed by atoms with van der Waals surface area (Å²) in [5, 5.41) is 56.1. The van der Waals surface area contributed by atoms with E-state index < -0.39 is 84.2 Å². The second-order valence-electron chi connectivity index (χ2n) is 15.1. The van der Waals surface area contributed by atoms with Gasteiger partial charge in [0, 0.05) is 45.1 Å². The molecule has 8 unspecified atom stereocenters. The molecule has 20 nitrogen and oxygen atoms in total. The topological polar surface area (TPSA) is 288 Å². The summed E-state index contributed by atoms with van der Waals surface area (Å²) in [5.41, 5.74) is 2.11. The lowest BCUT2D eigenvalue weighted by Crippen LogP contribution is -2.62. The predicted octanol–water partition coefficient (Wildman–Crippen LogP) is 0.128. The second kappa shape index (κ2) is 20.5. The Hall–Kier alpha value is -6.06. The molecule has 0 saturated carbocycles. The van der Waals surface area contributed by atoms with Crippen molar-refractivity contribution in [3.63, 3.8) is 0 Å². The second-order valence-corrected chi connectivity index (χ2v) is 16.1. The number of benzene rings is 2. The lowest BCUT2D eigenvalue weighted by molar-refractivity contribution is -0.139. The van der Waals surface area contributed by atoms with Crippen LogP contribution in [0.4, 0.5) is 9.59 Å². The van der Waals surface area contributed by atoms with Gasteiger partial charge in [0.2, 0.25) is 29.9 Å². The number of aliphatic hydroxyl groups is 1. The Bertz CT molecular complexity index is 2040. The van der Waals surface area contributed by atoms with Crippen LogP contribution in [-0.2, 0) is 41.6 Å². The Kier molecular flexibility index (Phi) is 15.4. The first-order valence-corrected chi connectivity index (χ1v) is 21.0. The Labute approximate surface area is 355 Å². The van der Waals surface area contributed by atoms with E-state index in [1.165, 1.54) is 41.9 Å². The molecule has 2 aromatic rings. The van der Waals surface area contributed by atoms with Gasteiger partial charge < -0.3 is 51.3 Å². The van der Waals surface area contributed by atoms with Gasteiger partial charge in [-0.25, -0.2) is 14.4 Å². The van der Waals surface area contributed by atoms with Gasteiger partial charge in [-0.2, -0.15) is 11.8 Å². The van der Waals surface area contributed by atoms with E-state index in [4.69, 9.17) is 4.74 Å². The molecule has 0 aliphatic carbocycles. The van der Waals surface area contributed by atoms with Crippen molar-refractivity contribution in [1.29, 1.82) is 0 Å². The summed E-state index contributed by atoms with van der Waals surface area (Å²) in [6.07, 6.45) is 0.576. The van der Waals surface area contributed by atoms with Crippen LogP contribution in [-0.4, -0.2) is 140 Å². The zero-order valence-corrected chi connectivity index (χ0v) is 34.9. The van der Waals surface area contributed by atoms with E-state index in [9.17, 15) is 54.0 Å². The number of hydrogen-bond donors (Lipinski definition) is 10. The number of amides is 8. The van der Waals surface area contributed by atoms with Crippen LogP contribution < -0.4 is 31.9 Å². The number of carboxylic acids is 1. The van der Waals surface area contributed by atoms with Crippen LogP contribution in [0.1, 0.15) is 55.8 Å². The average molecular weight is 869 g/mol. The number of phenolic OH excluding ortho intramolecular Hbond substituents is 2. The van der Waals surface area contributed by atoms with E-state index in [2.05, 4.69) is 31.9 Å². The molecule has 0 radical (unpaired) electrons. The fourth-order valence-corrected chi connectivity index (χ4v) is 7.82. The SMILES string of the molecule is CSCCC(NC(=O)NC(Cc1cccc(O)c1)C(=O)O)C(=O)NC(C(=O)NC=C1CC(O)C(N2CCC(=O)NC2=O)O1)C(C)N(C)C(=O)C1Cc2cc(O)ccc2C(C)N1. The summed E-state index contributed by atoms with van der Waals surface area (Å²) < 4.78 is 5.78. The highest BCUT2D eigenvalue weighted by molar-refractivity contribution is 7.98. The smallest absolute Gasteiger partial charge is 0.327 e. The molecular formula is C40H52N8O12S. The largest absolute Gasteiger partial charge is 0.508 e. The number of carbonyl (C=O) groups excluding carboxylic acids is 6. The molecule has 10 N–H and O–H groups in total. The summed E-state index contributed by atoms with van der Waals surface area (Å²) >= 11 is 1.37. The van der Waals surface area contributed by atoms with E-state index in [1.54, 1.807) is 37.4 Å². The van der Waals surface area contributed by atoms with E-state index in [1.807, 2.05) is 6.92 Å². The minimum Gasteiger partial charge on any atom is -0.508 e. The van der Waals surface area contributed by atoms with E-state index in [0.29, 0.717) is 11.3 Å². The highest BCUT2D eigenvalue weighted by Crippen LogP contribution is 2.30. The maximum atomic E-state index is 14.1. The normalized spacial score (nSPS) is 22.4. The molecule has 8 atom stereocenters. The highest BCUT2D eigenvalue weighted by atomic mass is 32.2. The molecule has 2 aromatic carbocycles. The summed E-state index contributed by atoms with van der Waals surface area (Å²) in [4.78, 5) is 94.1. The average Bonchev–Trinajstić information content (AvgIpc) is 3.58. The van der Waals surface area contributed by atoms with Gasteiger partial charge in [0.1, 0.15) is 41.5 Å². The van der Waals surface area contributed by atoms with Gasteiger partial charge in [0.15, 0.2) is 0 Å². The van der Waals surface area contributed by atoms with E-state index in [-0.39, 0.29) is 61.9 Å². The summed E-state index contributed by atoms with van der Waals surface area (Å²) in [7, 11) is 1.47. The molecule has 61 heavy (non-hydrogen) atoms. The van der Waals surface area contributed by atoms with Crippen molar-refractivity contribution in [2.45, 2.75) is 94.5 Å². The fourth-order valence-electron chi connectivity index (χ4n) is 7.35. The van der Waals surface area contributed by atoms with Crippen LogP contribution in [0.15, 0.2) is 54.4 Å². The zero-order valence-electron chi connectivity index (χ0n) is 34.0. The minimum atomic E-state index is -1.48. The third-order valence-corrected chi connectivity index (χ3v) is 11.4. The number of fused-ring (bicyclic) bond motifs is 1. The van der Waals surface area contributed by atoms with Crippen LogP contribution in [0.2, 0.25) is 0 Å². The van der Waals surface area contributed by atoms with Gasteiger partial charge in [-0.15, -0.1) is 0 Å². The Balaban J connectivity index is 1.34. The number of thioether (sulfide) groups is 1. The molecule has 3 aliphatic rings. The van der Waals surface area contributed by atoms with Crippen LogP contribution in [0.25, 0.3) is 0 Å². The Morgan fingerprint density at radius 2 is 1.74 bits per heavy atom. The summed E-state index contributed by atoms with van der Waals surface area (Å²) in [6.45, 7) is 3.41. The predicted molar refractivity (Wildman–Crippen MR) is 220 cm³/mol. The maximum absolute atomic E-state index is 14.1. The molecule has 8 amide bonds. The first kappa shape index (κ1) is 46.0. The number of urea groups is 2. The number of phenols is 2. The fraction of sp³-hybridized carbons (Fsp3) is 0.475. The first-order chi connectivity index (χ1) is 28.9. The van der Waals surface area contributed by atoms with Crippen molar-refractivity contribution in [1.82, 2.24) is 41.7 Å². The third-order valence-electron chi connectivity index (χ3n) is 10.8. The number of hydrogen-bond acceptors (Lipinski definition) is 13. The number of aromatic hydroxyl groups is 2. The van der Waals surface area contributed by atoms with Gasteiger partial charge in [-0.1, -0.05) is 18.2 Å². The third kappa shape index (κ3) is 11.8. The van der Waals surface area contributed by atoms with Crippen LogP contribution >= 0.6 is 11.8 Å². The molecule has 5 rings (SSSR count). The number of likely N-dealkylation sites (N-methyl/N-ethyl adjacent to an activating group) is 1. The number of carbonyl (C=O) groups is 7. The number of rotatable bonds is 16. The minimum absolute atomic E-state index is 0.00228. The van der Waals surface area contributed by atoms with Crippen molar-refractivity contribution < 1.29 is 58.7 Å². The van der Waals surface area contributed by atoms with E-state index >= 15 is 0 Å². The van der Waals surface area contributed by atoms with Crippen molar-refractivity contribution >= 4 is 53.4 Å². The molecule has 0 spiro atoms. The molecule has 2 saturated heterocycles. The van der Waals surface area contributed by atoms with Gasteiger partial charge in [-0.3, -0.25) is 34.7 Å². The molecular weight excluding hydrogens is 817 g/mol. The molecule has 2 fully saturated rings. The summed E-state index contributed by atoms with van der Waals surface area (Å²) in [5.74, 6) is -3.50. The number of ether oxygens (including phenoxy) is 1. The standard InChI is InChI=1S/C40H52N8O12S/c1-20-27-9-8-25(50)16-23(27)17-29(42-20)36(55)47(3)21(2)33(35(54)41-19-26-18-31(51)37(60-26)48-12-10-32(52)45-40(48)59)46-34(53)28(11-13-61-4)43-39(58)44-30(38(56)57)15-22-6-5-7-24(49)14-22/h5-9,14,16,19-21,28-31,33,37,42,49-51H,10-13,15,17-18H2,1-4H3,(H,41,54)(H,46,53)(H,56,57)(H2,43,44,58)(H,45,52,59).